The van der Waals surface area contributed by atoms with Gasteiger partial charge in [-0.1, -0.05) is 12.8 Å². The van der Waals surface area contributed by atoms with Crippen molar-refractivity contribution in [1.82, 2.24) is 15.1 Å². The van der Waals surface area contributed by atoms with Gasteiger partial charge in [0.25, 0.3) is 0 Å². The zero-order chi connectivity index (χ0) is 15.2. The minimum atomic E-state index is 0.933. The SMILES string of the molecule is CCNC(=NCCCN1CCCC1)N1CC2CCCCC2C1. The molecule has 0 aromatic heterocycles. The summed E-state index contributed by atoms with van der Waals surface area (Å²) >= 11 is 0. The van der Waals surface area contributed by atoms with Gasteiger partial charge in [-0.25, -0.2) is 0 Å². The standard InChI is InChI=1S/C18H34N4/c1-2-19-18(20-10-7-13-21-11-5-6-12-21)22-14-16-8-3-4-9-17(16)15-22/h16-17H,2-15H2,1H3,(H,19,20). The molecule has 0 spiro atoms. The highest BCUT2D eigenvalue weighted by atomic mass is 15.3. The second kappa shape index (κ2) is 8.19. The molecule has 2 heterocycles. The second-order valence-electron chi connectivity index (χ2n) is 7.35. The number of guanidine groups is 1. The third-order valence-corrected chi connectivity index (χ3v) is 5.70. The van der Waals surface area contributed by atoms with Crippen LogP contribution in [0.5, 0.6) is 0 Å². The molecule has 0 aromatic carbocycles. The van der Waals surface area contributed by atoms with Crippen LogP contribution < -0.4 is 5.32 Å². The van der Waals surface area contributed by atoms with E-state index >= 15 is 0 Å². The van der Waals surface area contributed by atoms with E-state index in [4.69, 9.17) is 4.99 Å². The first-order valence-corrected chi connectivity index (χ1v) is 9.62. The monoisotopic (exact) mass is 306 g/mol. The number of hydrogen-bond acceptors (Lipinski definition) is 2. The Bertz CT molecular complexity index is 348. The average Bonchev–Trinajstić information content (AvgIpc) is 3.19. The van der Waals surface area contributed by atoms with Gasteiger partial charge in [-0.2, -0.15) is 0 Å². The van der Waals surface area contributed by atoms with Crippen molar-refractivity contribution in [3.05, 3.63) is 0 Å². The average molecular weight is 306 g/mol. The minimum absolute atomic E-state index is 0.933. The Hall–Kier alpha value is -0.770. The number of aliphatic imine (C=N–C) groups is 1. The quantitative estimate of drug-likeness (QED) is 0.481. The molecule has 2 aliphatic heterocycles. The third kappa shape index (κ3) is 4.15. The van der Waals surface area contributed by atoms with Crippen molar-refractivity contribution in [2.45, 2.75) is 51.9 Å². The molecule has 0 bridgehead atoms. The van der Waals surface area contributed by atoms with E-state index in [-0.39, 0.29) is 0 Å². The fourth-order valence-corrected chi connectivity index (χ4v) is 4.49. The van der Waals surface area contributed by atoms with E-state index < -0.39 is 0 Å². The number of likely N-dealkylation sites (tertiary alicyclic amines) is 2. The fraction of sp³-hybridized carbons (Fsp3) is 0.944. The maximum atomic E-state index is 4.92. The van der Waals surface area contributed by atoms with E-state index in [2.05, 4.69) is 22.0 Å². The van der Waals surface area contributed by atoms with Crippen LogP contribution in [0.25, 0.3) is 0 Å². The molecule has 1 N–H and O–H groups in total. The predicted molar refractivity (Wildman–Crippen MR) is 93.3 cm³/mol. The lowest BCUT2D eigenvalue weighted by Crippen LogP contribution is -2.40. The summed E-state index contributed by atoms with van der Waals surface area (Å²) < 4.78 is 0. The van der Waals surface area contributed by atoms with Crippen LogP contribution in [0.4, 0.5) is 0 Å². The van der Waals surface area contributed by atoms with Crippen LogP contribution in [0.15, 0.2) is 4.99 Å². The second-order valence-corrected chi connectivity index (χ2v) is 7.35. The number of fused-ring (bicyclic) bond motifs is 1. The summed E-state index contributed by atoms with van der Waals surface area (Å²) in [7, 11) is 0. The van der Waals surface area contributed by atoms with Gasteiger partial charge in [0.15, 0.2) is 5.96 Å². The summed E-state index contributed by atoms with van der Waals surface area (Å²) in [5, 5.41) is 3.53. The highest BCUT2D eigenvalue weighted by Crippen LogP contribution is 2.35. The molecule has 4 heteroatoms. The molecule has 2 saturated heterocycles. The van der Waals surface area contributed by atoms with Crippen LogP contribution in [-0.2, 0) is 0 Å². The van der Waals surface area contributed by atoms with Crippen molar-refractivity contribution in [2.24, 2.45) is 16.8 Å². The summed E-state index contributed by atoms with van der Waals surface area (Å²) in [6.45, 7) is 10.5. The summed E-state index contributed by atoms with van der Waals surface area (Å²) in [4.78, 5) is 10.1. The predicted octanol–water partition coefficient (Wildman–Crippen LogP) is 2.56. The maximum Gasteiger partial charge on any atom is 0.193 e. The van der Waals surface area contributed by atoms with E-state index in [1.54, 1.807) is 0 Å². The minimum Gasteiger partial charge on any atom is -0.357 e. The number of nitrogens with zero attached hydrogens (tertiary/aromatic N) is 3. The van der Waals surface area contributed by atoms with Crippen LogP contribution in [0.2, 0.25) is 0 Å². The lowest BCUT2D eigenvalue weighted by molar-refractivity contribution is 0.299. The van der Waals surface area contributed by atoms with Crippen LogP contribution in [0.3, 0.4) is 0 Å². The first-order valence-electron chi connectivity index (χ1n) is 9.62. The van der Waals surface area contributed by atoms with Crippen molar-refractivity contribution in [2.75, 3.05) is 45.8 Å². The Morgan fingerprint density at radius 3 is 2.36 bits per heavy atom. The topological polar surface area (TPSA) is 30.9 Å². The Labute approximate surface area is 136 Å². The molecule has 126 valence electrons. The first kappa shape index (κ1) is 16.1. The zero-order valence-corrected chi connectivity index (χ0v) is 14.4. The van der Waals surface area contributed by atoms with Gasteiger partial charge >= 0.3 is 0 Å². The molecule has 2 atom stereocenters. The molecular formula is C18H34N4. The van der Waals surface area contributed by atoms with E-state index in [9.17, 15) is 0 Å². The van der Waals surface area contributed by atoms with Crippen LogP contribution in [0.1, 0.15) is 51.9 Å². The van der Waals surface area contributed by atoms with Crippen molar-refractivity contribution in [1.29, 1.82) is 0 Å². The van der Waals surface area contributed by atoms with Gasteiger partial charge in [-0.3, -0.25) is 4.99 Å². The summed E-state index contributed by atoms with van der Waals surface area (Å²) in [5.74, 6) is 3.04. The smallest absolute Gasteiger partial charge is 0.193 e. The van der Waals surface area contributed by atoms with E-state index in [1.165, 1.54) is 83.6 Å². The molecular weight excluding hydrogens is 272 g/mol. The molecule has 1 saturated carbocycles. The molecule has 3 rings (SSSR count). The Morgan fingerprint density at radius 1 is 1.05 bits per heavy atom. The first-order chi connectivity index (χ1) is 10.9. The van der Waals surface area contributed by atoms with Crippen LogP contribution in [0, 0.1) is 11.8 Å². The Morgan fingerprint density at radius 2 is 1.73 bits per heavy atom. The molecule has 0 aromatic rings. The fourth-order valence-electron chi connectivity index (χ4n) is 4.49. The number of hydrogen-bond donors (Lipinski definition) is 1. The Kier molecular flexibility index (Phi) is 5.99. The lowest BCUT2D eigenvalue weighted by Gasteiger charge is -2.22. The van der Waals surface area contributed by atoms with E-state index in [0.29, 0.717) is 0 Å². The van der Waals surface area contributed by atoms with Gasteiger partial charge in [0.05, 0.1) is 0 Å². The summed E-state index contributed by atoms with van der Waals surface area (Å²) in [6, 6.07) is 0. The number of rotatable bonds is 5. The van der Waals surface area contributed by atoms with Gasteiger partial charge in [0.1, 0.15) is 0 Å². The van der Waals surface area contributed by atoms with Gasteiger partial charge < -0.3 is 15.1 Å². The van der Waals surface area contributed by atoms with Crippen molar-refractivity contribution >= 4 is 5.96 Å². The third-order valence-electron chi connectivity index (χ3n) is 5.70. The molecule has 3 aliphatic rings. The van der Waals surface area contributed by atoms with Crippen molar-refractivity contribution in [3.8, 4) is 0 Å². The number of nitrogens with one attached hydrogen (secondary N) is 1. The molecule has 4 nitrogen and oxygen atoms in total. The van der Waals surface area contributed by atoms with Gasteiger partial charge in [0.2, 0.25) is 0 Å². The molecule has 0 amide bonds. The zero-order valence-electron chi connectivity index (χ0n) is 14.4. The van der Waals surface area contributed by atoms with Gasteiger partial charge in [-0.05, 0) is 70.5 Å². The molecule has 2 unspecified atom stereocenters. The van der Waals surface area contributed by atoms with E-state index in [0.717, 1.165) is 24.9 Å². The Balaban J connectivity index is 1.47. The maximum absolute atomic E-state index is 4.92. The summed E-state index contributed by atoms with van der Waals surface area (Å²) in [5.41, 5.74) is 0. The molecule has 22 heavy (non-hydrogen) atoms. The molecule has 1 aliphatic carbocycles. The highest BCUT2D eigenvalue weighted by Gasteiger charge is 2.35. The van der Waals surface area contributed by atoms with Crippen molar-refractivity contribution in [3.63, 3.8) is 0 Å². The lowest BCUT2D eigenvalue weighted by atomic mass is 9.82. The van der Waals surface area contributed by atoms with E-state index in [1.807, 2.05) is 0 Å². The molecule has 3 fully saturated rings. The largest absolute Gasteiger partial charge is 0.357 e. The summed E-state index contributed by atoms with van der Waals surface area (Å²) in [6.07, 6.45) is 9.75. The van der Waals surface area contributed by atoms with Crippen LogP contribution >= 0.6 is 0 Å². The van der Waals surface area contributed by atoms with Gasteiger partial charge in [0, 0.05) is 26.2 Å². The van der Waals surface area contributed by atoms with Gasteiger partial charge in [-0.15, -0.1) is 0 Å². The van der Waals surface area contributed by atoms with Crippen molar-refractivity contribution < 1.29 is 0 Å². The highest BCUT2D eigenvalue weighted by molar-refractivity contribution is 5.80. The van der Waals surface area contributed by atoms with Crippen LogP contribution in [-0.4, -0.2) is 61.6 Å². The molecule has 0 radical (unpaired) electrons. The normalized spacial score (nSPS) is 29.9.